The molecule has 0 N–H and O–H groups in total. The van der Waals surface area contributed by atoms with Gasteiger partial charge in [-0.05, 0) is 38.8 Å². The van der Waals surface area contributed by atoms with Crippen LogP contribution in [-0.2, 0) is 22.5 Å². The SMILES string of the molecule is CCOC(=O)c1nn(-c2ccc(C)cc2)c2c1CN(C(=O)C(CC)CC)CC2. The van der Waals surface area contributed by atoms with Gasteiger partial charge in [0.25, 0.3) is 0 Å². The van der Waals surface area contributed by atoms with Gasteiger partial charge in [0.05, 0.1) is 18.0 Å². The van der Waals surface area contributed by atoms with E-state index in [1.165, 1.54) is 0 Å². The van der Waals surface area contributed by atoms with Gasteiger partial charge >= 0.3 is 5.97 Å². The van der Waals surface area contributed by atoms with Crippen molar-refractivity contribution in [2.24, 2.45) is 5.92 Å². The molecular weight excluding hydrogens is 354 g/mol. The molecular formula is C22H29N3O3. The van der Waals surface area contributed by atoms with Crippen LogP contribution in [0.5, 0.6) is 0 Å². The zero-order valence-electron chi connectivity index (χ0n) is 17.2. The maximum atomic E-state index is 12.9. The van der Waals surface area contributed by atoms with Gasteiger partial charge in [-0.2, -0.15) is 5.10 Å². The second kappa shape index (κ2) is 8.59. The fourth-order valence-electron chi connectivity index (χ4n) is 3.77. The number of rotatable bonds is 6. The first-order valence-corrected chi connectivity index (χ1v) is 10.1. The van der Waals surface area contributed by atoms with Gasteiger partial charge in [0.15, 0.2) is 5.69 Å². The third-order valence-electron chi connectivity index (χ3n) is 5.45. The van der Waals surface area contributed by atoms with Crippen LogP contribution in [0, 0.1) is 12.8 Å². The molecule has 28 heavy (non-hydrogen) atoms. The fourth-order valence-corrected chi connectivity index (χ4v) is 3.77. The summed E-state index contributed by atoms with van der Waals surface area (Å²) in [5, 5.41) is 4.59. The molecule has 3 rings (SSSR count). The van der Waals surface area contributed by atoms with Gasteiger partial charge < -0.3 is 9.64 Å². The molecule has 1 aliphatic heterocycles. The molecule has 0 spiro atoms. The maximum Gasteiger partial charge on any atom is 0.359 e. The largest absolute Gasteiger partial charge is 0.461 e. The zero-order valence-corrected chi connectivity index (χ0v) is 17.2. The van der Waals surface area contributed by atoms with E-state index in [0.717, 1.165) is 35.3 Å². The Morgan fingerprint density at radius 1 is 1.14 bits per heavy atom. The van der Waals surface area contributed by atoms with E-state index >= 15 is 0 Å². The van der Waals surface area contributed by atoms with Crippen molar-refractivity contribution in [2.45, 2.75) is 53.5 Å². The number of ether oxygens (including phenoxy) is 1. The van der Waals surface area contributed by atoms with Crippen LogP contribution in [0.4, 0.5) is 0 Å². The minimum Gasteiger partial charge on any atom is -0.461 e. The van der Waals surface area contributed by atoms with Gasteiger partial charge in [-0.1, -0.05) is 31.5 Å². The van der Waals surface area contributed by atoms with Crippen LogP contribution in [-0.4, -0.2) is 39.7 Å². The molecule has 1 aromatic heterocycles. The molecule has 0 bridgehead atoms. The summed E-state index contributed by atoms with van der Waals surface area (Å²) < 4.78 is 7.06. The molecule has 1 amide bonds. The van der Waals surface area contributed by atoms with Gasteiger partial charge in [0, 0.05) is 31.0 Å². The van der Waals surface area contributed by atoms with E-state index in [1.807, 2.05) is 54.6 Å². The number of aryl methyl sites for hydroxylation is 1. The standard InChI is InChI=1S/C22H29N3O3/c1-5-16(6-2)21(26)24-13-12-19-18(14-24)20(22(27)28-7-3)23-25(19)17-10-8-15(4)9-11-17/h8-11,16H,5-7,12-14H2,1-4H3. The first kappa shape index (κ1) is 20.1. The minimum atomic E-state index is -0.429. The van der Waals surface area contributed by atoms with Crippen molar-refractivity contribution >= 4 is 11.9 Å². The summed E-state index contributed by atoms with van der Waals surface area (Å²) >= 11 is 0. The molecule has 6 nitrogen and oxygen atoms in total. The van der Waals surface area contributed by atoms with Crippen LogP contribution in [0.1, 0.15) is 60.9 Å². The molecule has 0 radical (unpaired) electrons. The number of hydrogen-bond donors (Lipinski definition) is 0. The van der Waals surface area contributed by atoms with Crippen LogP contribution < -0.4 is 0 Å². The van der Waals surface area contributed by atoms with Crippen LogP contribution >= 0.6 is 0 Å². The molecule has 2 aromatic rings. The zero-order chi connectivity index (χ0) is 20.3. The van der Waals surface area contributed by atoms with Crippen LogP contribution in [0.2, 0.25) is 0 Å². The highest BCUT2D eigenvalue weighted by Crippen LogP contribution is 2.28. The van der Waals surface area contributed by atoms with Crippen molar-refractivity contribution in [2.75, 3.05) is 13.2 Å². The molecule has 0 aliphatic carbocycles. The Bertz CT molecular complexity index is 851. The average molecular weight is 383 g/mol. The lowest BCUT2D eigenvalue weighted by Crippen LogP contribution is -2.40. The molecule has 2 heterocycles. The van der Waals surface area contributed by atoms with Crippen molar-refractivity contribution in [3.63, 3.8) is 0 Å². The van der Waals surface area contributed by atoms with Crippen molar-refractivity contribution in [1.29, 1.82) is 0 Å². The van der Waals surface area contributed by atoms with Gasteiger partial charge in [0.1, 0.15) is 0 Å². The Hall–Kier alpha value is -2.63. The molecule has 6 heteroatoms. The Labute approximate surface area is 166 Å². The molecule has 0 saturated heterocycles. The number of fused-ring (bicyclic) bond motifs is 1. The Morgan fingerprint density at radius 3 is 2.43 bits per heavy atom. The van der Waals surface area contributed by atoms with E-state index in [9.17, 15) is 9.59 Å². The van der Waals surface area contributed by atoms with Gasteiger partial charge in [0.2, 0.25) is 5.91 Å². The van der Waals surface area contributed by atoms with E-state index in [1.54, 1.807) is 6.92 Å². The van der Waals surface area contributed by atoms with Gasteiger partial charge in [-0.15, -0.1) is 0 Å². The van der Waals surface area contributed by atoms with Gasteiger partial charge in [-0.25, -0.2) is 9.48 Å². The normalized spacial score (nSPS) is 13.5. The molecule has 0 unspecified atom stereocenters. The number of carbonyl (C=O) groups is 2. The minimum absolute atomic E-state index is 0.0275. The molecule has 0 fully saturated rings. The van der Waals surface area contributed by atoms with Crippen molar-refractivity contribution in [3.05, 3.63) is 46.8 Å². The predicted molar refractivity (Wildman–Crippen MR) is 107 cm³/mol. The van der Waals surface area contributed by atoms with E-state index < -0.39 is 5.97 Å². The third kappa shape index (κ3) is 3.81. The summed E-state index contributed by atoms with van der Waals surface area (Å²) in [7, 11) is 0. The highest BCUT2D eigenvalue weighted by atomic mass is 16.5. The van der Waals surface area contributed by atoms with E-state index in [0.29, 0.717) is 31.8 Å². The number of hydrogen-bond acceptors (Lipinski definition) is 4. The Kier molecular flexibility index (Phi) is 6.17. The molecule has 0 saturated carbocycles. The number of aromatic nitrogens is 2. The number of esters is 1. The summed E-state index contributed by atoms with van der Waals surface area (Å²) in [6.07, 6.45) is 2.32. The van der Waals surface area contributed by atoms with E-state index in [2.05, 4.69) is 5.10 Å². The lowest BCUT2D eigenvalue weighted by molar-refractivity contribution is -0.136. The Balaban J connectivity index is 2.00. The van der Waals surface area contributed by atoms with Crippen molar-refractivity contribution in [1.82, 2.24) is 14.7 Å². The highest BCUT2D eigenvalue weighted by Gasteiger charge is 2.32. The van der Waals surface area contributed by atoms with Crippen molar-refractivity contribution in [3.8, 4) is 5.69 Å². The number of benzene rings is 1. The van der Waals surface area contributed by atoms with Crippen LogP contribution in [0.15, 0.2) is 24.3 Å². The fraction of sp³-hybridized carbons (Fsp3) is 0.500. The average Bonchev–Trinajstić information content (AvgIpc) is 3.08. The number of carbonyl (C=O) groups excluding carboxylic acids is 2. The number of nitrogens with zero attached hydrogens (tertiary/aromatic N) is 3. The number of amides is 1. The summed E-state index contributed by atoms with van der Waals surface area (Å²) in [6, 6.07) is 8.05. The molecule has 1 aromatic carbocycles. The lowest BCUT2D eigenvalue weighted by atomic mass is 9.98. The van der Waals surface area contributed by atoms with E-state index in [-0.39, 0.29) is 11.8 Å². The van der Waals surface area contributed by atoms with Crippen LogP contribution in [0.25, 0.3) is 5.69 Å². The predicted octanol–water partition coefficient (Wildman–Crippen LogP) is 3.68. The summed E-state index contributed by atoms with van der Waals surface area (Å²) in [4.78, 5) is 27.3. The highest BCUT2D eigenvalue weighted by molar-refractivity contribution is 5.90. The summed E-state index contributed by atoms with van der Waals surface area (Å²) in [5.41, 5.74) is 4.19. The Morgan fingerprint density at radius 2 is 1.82 bits per heavy atom. The lowest BCUT2D eigenvalue weighted by Gasteiger charge is -2.30. The molecule has 1 aliphatic rings. The quantitative estimate of drug-likeness (QED) is 0.714. The first-order valence-electron chi connectivity index (χ1n) is 10.1. The topological polar surface area (TPSA) is 64.4 Å². The first-order chi connectivity index (χ1) is 13.5. The molecule has 150 valence electrons. The van der Waals surface area contributed by atoms with Crippen LogP contribution in [0.3, 0.4) is 0 Å². The second-order valence-corrected chi connectivity index (χ2v) is 7.26. The summed E-state index contributed by atoms with van der Waals surface area (Å²) in [5.74, 6) is -0.241. The summed E-state index contributed by atoms with van der Waals surface area (Å²) in [6.45, 7) is 9.24. The van der Waals surface area contributed by atoms with Gasteiger partial charge in [-0.3, -0.25) is 4.79 Å². The molecule has 0 atom stereocenters. The third-order valence-corrected chi connectivity index (χ3v) is 5.45. The smallest absolute Gasteiger partial charge is 0.359 e. The maximum absolute atomic E-state index is 12.9. The van der Waals surface area contributed by atoms with E-state index in [4.69, 9.17) is 4.74 Å². The monoisotopic (exact) mass is 383 g/mol. The second-order valence-electron chi connectivity index (χ2n) is 7.26. The van der Waals surface area contributed by atoms with Crippen molar-refractivity contribution < 1.29 is 14.3 Å².